The highest BCUT2D eigenvalue weighted by Crippen LogP contribution is 2.49. The second kappa shape index (κ2) is 5.08. The van der Waals surface area contributed by atoms with Crippen LogP contribution in [-0.2, 0) is 4.79 Å². The molecule has 0 aromatic carbocycles. The van der Waals surface area contributed by atoms with E-state index in [1.54, 1.807) is 0 Å². The average Bonchev–Trinajstić information content (AvgIpc) is 3.14. The van der Waals surface area contributed by atoms with Crippen molar-refractivity contribution in [1.29, 1.82) is 0 Å². The molecule has 19 heavy (non-hydrogen) atoms. The van der Waals surface area contributed by atoms with Crippen LogP contribution in [0, 0.1) is 23.2 Å². The fourth-order valence-electron chi connectivity index (χ4n) is 4.77. The molecular formula is C16H28N2O. The molecule has 2 aliphatic carbocycles. The highest BCUT2D eigenvalue weighted by atomic mass is 16.2. The van der Waals surface area contributed by atoms with Gasteiger partial charge in [0.2, 0.25) is 5.91 Å². The Labute approximate surface area is 116 Å². The Morgan fingerprint density at radius 2 is 2.26 bits per heavy atom. The van der Waals surface area contributed by atoms with Crippen LogP contribution in [0.25, 0.3) is 0 Å². The standard InChI is InChI=1S/C16H28N2O/c1-3-16(6-7-17-10-16)15(19)18-11(2)14-9-12-4-5-13(14)8-12/h11-14,17H,3-10H2,1-2H3,(H,18,19). The minimum atomic E-state index is -0.133. The smallest absolute Gasteiger partial charge is 0.227 e. The van der Waals surface area contributed by atoms with E-state index in [4.69, 9.17) is 0 Å². The van der Waals surface area contributed by atoms with Gasteiger partial charge in [-0.25, -0.2) is 0 Å². The number of nitrogens with one attached hydrogen (secondary N) is 2. The summed E-state index contributed by atoms with van der Waals surface area (Å²) in [4.78, 5) is 12.6. The second-order valence-corrected chi connectivity index (χ2v) is 7.16. The fraction of sp³-hybridized carbons (Fsp3) is 0.938. The lowest BCUT2D eigenvalue weighted by molar-refractivity contribution is -0.131. The predicted octanol–water partition coefficient (Wildman–Crippen LogP) is 2.32. The van der Waals surface area contributed by atoms with Crippen LogP contribution >= 0.6 is 0 Å². The van der Waals surface area contributed by atoms with Crippen molar-refractivity contribution < 1.29 is 4.79 Å². The summed E-state index contributed by atoms with van der Waals surface area (Å²) in [6, 6.07) is 0.367. The van der Waals surface area contributed by atoms with Gasteiger partial charge in [0.05, 0.1) is 5.41 Å². The highest BCUT2D eigenvalue weighted by Gasteiger charge is 2.44. The zero-order chi connectivity index (χ0) is 13.5. The van der Waals surface area contributed by atoms with Crippen molar-refractivity contribution in [3.05, 3.63) is 0 Å². The van der Waals surface area contributed by atoms with Crippen molar-refractivity contribution in [2.45, 2.75) is 58.4 Å². The van der Waals surface area contributed by atoms with Gasteiger partial charge in [0, 0.05) is 12.6 Å². The average molecular weight is 264 g/mol. The molecule has 3 fully saturated rings. The van der Waals surface area contributed by atoms with Gasteiger partial charge in [-0.2, -0.15) is 0 Å². The number of carbonyl (C=O) groups is 1. The molecular weight excluding hydrogens is 236 g/mol. The molecule has 0 spiro atoms. The fourth-order valence-corrected chi connectivity index (χ4v) is 4.77. The minimum absolute atomic E-state index is 0.133. The van der Waals surface area contributed by atoms with Crippen molar-refractivity contribution >= 4 is 5.91 Å². The Morgan fingerprint density at radius 1 is 1.42 bits per heavy atom. The molecule has 5 unspecified atom stereocenters. The molecule has 3 aliphatic rings. The zero-order valence-corrected chi connectivity index (χ0v) is 12.4. The Bertz CT molecular complexity index is 349. The summed E-state index contributed by atoms with van der Waals surface area (Å²) < 4.78 is 0. The number of fused-ring (bicyclic) bond motifs is 2. The van der Waals surface area contributed by atoms with Crippen LogP contribution in [0.15, 0.2) is 0 Å². The third-order valence-corrected chi connectivity index (χ3v) is 6.20. The summed E-state index contributed by atoms with van der Waals surface area (Å²) in [5.74, 6) is 2.89. The third kappa shape index (κ3) is 2.31. The molecule has 108 valence electrons. The van der Waals surface area contributed by atoms with Gasteiger partial charge in [-0.05, 0) is 63.3 Å². The topological polar surface area (TPSA) is 41.1 Å². The summed E-state index contributed by atoms with van der Waals surface area (Å²) in [6.07, 6.45) is 7.56. The maximum atomic E-state index is 12.6. The lowest BCUT2D eigenvalue weighted by Gasteiger charge is -2.32. The van der Waals surface area contributed by atoms with E-state index in [0.717, 1.165) is 43.7 Å². The van der Waals surface area contributed by atoms with E-state index in [0.29, 0.717) is 11.9 Å². The van der Waals surface area contributed by atoms with E-state index in [-0.39, 0.29) is 5.41 Å². The van der Waals surface area contributed by atoms with Gasteiger partial charge in [0.25, 0.3) is 0 Å². The Morgan fingerprint density at radius 3 is 2.79 bits per heavy atom. The van der Waals surface area contributed by atoms with Crippen LogP contribution in [0.5, 0.6) is 0 Å². The van der Waals surface area contributed by atoms with Gasteiger partial charge in [-0.1, -0.05) is 13.3 Å². The second-order valence-electron chi connectivity index (χ2n) is 7.16. The SMILES string of the molecule is CCC1(C(=O)NC(C)C2CC3CCC2C3)CCNC1. The Balaban J connectivity index is 1.60. The van der Waals surface area contributed by atoms with Crippen molar-refractivity contribution in [2.75, 3.05) is 13.1 Å². The van der Waals surface area contributed by atoms with Gasteiger partial charge >= 0.3 is 0 Å². The van der Waals surface area contributed by atoms with E-state index in [1.807, 2.05) is 0 Å². The molecule has 0 aromatic heterocycles. The van der Waals surface area contributed by atoms with E-state index in [1.165, 1.54) is 25.7 Å². The maximum Gasteiger partial charge on any atom is 0.227 e. The zero-order valence-electron chi connectivity index (χ0n) is 12.4. The van der Waals surface area contributed by atoms with Gasteiger partial charge < -0.3 is 10.6 Å². The first-order valence-corrected chi connectivity index (χ1v) is 8.16. The molecule has 3 nitrogen and oxygen atoms in total. The van der Waals surface area contributed by atoms with E-state index in [2.05, 4.69) is 24.5 Å². The number of hydrogen-bond donors (Lipinski definition) is 2. The summed E-state index contributed by atoms with van der Waals surface area (Å²) >= 11 is 0. The normalized spacial score (nSPS) is 42.5. The molecule has 2 N–H and O–H groups in total. The van der Waals surface area contributed by atoms with Crippen LogP contribution in [-0.4, -0.2) is 25.0 Å². The molecule has 2 saturated carbocycles. The lowest BCUT2D eigenvalue weighted by atomic mass is 9.81. The Kier molecular flexibility index (Phi) is 3.59. The predicted molar refractivity (Wildman–Crippen MR) is 76.8 cm³/mol. The van der Waals surface area contributed by atoms with Crippen molar-refractivity contribution in [1.82, 2.24) is 10.6 Å². The van der Waals surface area contributed by atoms with E-state index in [9.17, 15) is 4.79 Å². The molecule has 0 aromatic rings. The van der Waals surface area contributed by atoms with Gasteiger partial charge in [-0.15, -0.1) is 0 Å². The van der Waals surface area contributed by atoms with Crippen LogP contribution in [0.1, 0.15) is 52.4 Å². The van der Waals surface area contributed by atoms with Crippen LogP contribution in [0.2, 0.25) is 0 Å². The van der Waals surface area contributed by atoms with E-state index >= 15 is 0 Å². The number of amides is 1. The Hall–Kier alpha value is -0.570. The molecule has 3 heteroatoms. The first-order valence-electron chi connectivity index (χ1n) is 8.16. The molecule has 2 bridgehead atoms. The lowest BCUT2D eigenvalue weighted by Crippen LogP contribution is -2.48. The summed E-state index contributed by atoms with van der Waals surface area (Å²) in [7, 11) is 0. The number of rotatable bonds is 4. The summed E-state index contributed by atoms with van der Waals surface area (Å²) in [6.45, 7) is 6.23. The molecule has 1 amide bonds. The molecule has 5 atom stereocenters. The van der Waals surface area contributed by atoms with Crippen LogP contribution in [0.4, 0.5) is 0 Å². The highest BCUT2D eigenvalue weighted by molar-refractivity contribution is 5.83. The third-order valence-electron chi connectivity index (χ3n) is 6.20. The first-order chi connectivity index (χ1) is 9.14. The molecule has 1 aliphatic heterocycles. The van der Waals surface area contributed by atoms with Crippen molar-refractivity contribution in [3.8, 4) is 0 Å². The van der Waals surface area contributed by atoms with Crippen LogP contribution < -0.4 is 10.6 Å². The van der Waals surface area contributed by atoms with Gasteiger partial charge in [0.15, 0.2) is 0 Å². The minimum Gasteiger partial charge on any atom is -0.353 e. The van der Waals surface area contributed by atoms with Crippen molar-refractivity contribution in [3.63, 3.8) is 0 Å². The van der Waals surface area contributed by atoms with Gasteiger partial charge in [0.1, 0.15) is 0 Å². The first kappa shape index (κ1) is 13.4. The van der Waals surface area contributed by atoms with Crippen LogP contribution in [0.3, 0.4) is 0 Å². The largest absolute Gasteiger partial charge is 0.353 e. The van der Waals surface area contributed by atoms with Crippen molar-refractivity contribution in [2.24, 2.45) is 23.2 Å². The number of carbonyl (C=O) groups excluding carboxylic acids is 1. The molecule has 1 saturated heterocycles. The quantitative estimate of drug-likeness (QED) is 0.818. The molecule has 0 radical (unpaired) electrons. The summed E-state index contributed by atoms with van der Waals surface area (Å²) in [5, 5.41) is 6.72. The van der Waals surface area contributed by atoms with Gasteiger partial charge in [-0.3, -0.25) is 4.79 Å². The molecule has 3 rings (SSSR count). The monoisotopic (exact) mass is 264 g/mol. The maximum absolute atomic E-state index is 12.6. The summed E-state index contributed by atoms with van der Waals surface area (Å²) in [5.41, 5.74) is -0.133. The van der Waals surface area contributed by atoms with E-state index < -0.39 is 0 Å². The molecule has 1 heterocycles. The number of hydrogen-bond acceptors (Lipinski definition) is 2.